The van der Waals surface area contributed by atoms with Gasteiger partial charge in [-0.15, -0.1) is 0 Å². The number of H-pyrrole nitrogens is 1. The molecule has 1 atom stereocenters. The van der Waals surface area contributed by atoms with E-state index in [1.54, 1.807) is 31.5 Å². The van der Waals surface area contributed by atoms with Crippen LogP contribution in [0.4, 0.5) is 0 Å². The number of imidazole rings is 1. The molecular weight excluding hydrogens is 290 g/mol. The second kappa shape index (κ2) is 6.54. The molecule has 0 aliphatic carbocycles. The van der Waals surface area contributed by atoms with Crippen LogP contribution in [0.25, 0.3) is 0 Å². The van der Waals surface area contributed by atoms with Crippen LogP contribution in [0, 0.1) is 11.8 Å². The number of aromatic nitrogens is 2. The molecule has 0 fully saturated rings. The second-order valence-electron chi connectivity index (χ2n) is 4.30. The third-order valence-corrected chi connectivity index (χ3v) is 4.29. The number of sulfonamides is 1. The van der Waals surface area contributed by atoms with Crippen LogP contribution in [0.15, 0.2) is 41.6 Å². The minimum Gasteiger partial charge on any atom is -0.384 e. The first-order valence-electron chi connectivity index (χ1n) is 6.24. The summed E-state index contributed by atoms with van der Waals surface area (Å²) in [4.78, 5) is 7.03. The van der Waals surface area contributed by atoms with Gasteiger partial charge in [-0.25, -0.2) is 18.1 Å². The molecule has 1 aromatic carbocycles. The fourth-order valence-electron chi connectivity index (χ4n) is 1.73. The first-order valence-corrected chi connectivity index (χ1v) is 7.72. The van der Waals surface area contributed by atoms with Gasteiger partial charge in [0.2, 0.25) is 10.0 Å². The maximum atomic E-state index is 12.2. The lowest BCUT2D eigenvalue weighted by Gasteiger charge is -2.12. The molecule has 0 spiro atoms. The van der Waals surface area contributed by atoms with Gasteiger partial charge < -0.3 is 10.1 Å². The molecule has 7 heteroatoms. The van der Waals surface area contributed by atoms with E-state index < -0.39 is 16.1 Å². The minimum atomic E-state index is -3.63. The van der Waals surface area contributed by atoms with E-state index in [0.717, 1.165) is 0 Å². The topological polar surface area (TPSA) is 95.1 Å². The number of rotatable bonds is 4. The fourth-order valence-corrected chi connectivity index (χ4v) is 2.94. The smallest absolute Gasteiger partial charge is 0.241 e. The summed E-state index contributed by atoms with van der Waals surface area (Å²) in [6.07, 6.45) is 3.20. The van der Waals surface area contributed by atoms with E-state index in [9.17, 15) is 8.42 Å². The Hall–Kier alpha value is -2.14. The van der Waals surface area contributed by atoms with Crippen LogP contribution in [0.3, 0.4) is 0 Å². The van der Waals surface area contributed by atoms with Crippen molar-refractivity contribution in [3.63, 3.8) is 0 Å². The van der Waals surface area contributed by atoms with Crippen molar-refractivity contribution in [1.82, 2.24) is 14.7 Å². The summed E-state index contributed by atoms with van der Waals surface area (Å²) in [5, 5.41) is 8.61. The molecule has 0 saturated heterocycles. The molecule has 1 unspecified atom stereocenters. The SMILES string of the molecule is CC(NS(=O)(=O)c1ccc(C#CCO)cc1)c1ncc[nH]1. The number of nitrogens with one attached hydrogen (secondary N) is 2. The summed E-state index contributed by atoms with van der Waals surface area (Å²) in [5.41, 5.74) is 0.641. The van der Waals surface area contributed by atoms with Crippen LogP contribution in [0.5, 0.6) is 0 Å². The van der Waals surface area contributed by atoms with E-state index in [1.807, 2.05) is 0 Å². The van der Waals surface area contributed by atoms with E-state index >= 15 is 0 Å². The average Bonchev–Trinajstić information content (AvgIpc) is 2.99. The molecule has 0 aliphatic rings. The molecule has 0 aliphatic heterocycles. The molecule has 6 nitrogen and oxygen atoms in total. The summed E-state index contributed by atoms with van der Waals surface area (Å²) in [7, 11) is -3.63. The van der Waals surface area contributed by atoms with Crippen molar-refractivity contribution in [2.45, 2.75) is 17.9 Å². The van der Waals surface area contributed by atoms with Gasteiger partial charge in [-0.05, 0) is 31.2 Å². The number of aliphatic hydroxyl groups is 1. The zero-order valence-corrected chi connectivity index (χ0v) is 12.2. The zero-order valence-electron chi connectivity index (χ0n) is 11.4. The van der Waals surface area contributed by atoms with Gasteiger partial charge in [0.05, 0.1) is 10.9 Å². The highest BCUT2D eigenvalue weighted by molar-refractivity contribution is 7.89. The van der Waals surface area contributed by atoms with Crippen LogP contribution in [-0.4, -0.2) is 30.1 Å². The normalized spacial score (nSPS) is 12.5. The van der Waals surface area contributed by atoms with E-state index in [-0.39, 0.29) is 11.5 Å². The fraction of sp³-hybridized carbons (Fsp3) is 0.214. The van der Waals surface area contributed by atoms with Gasteiger partial charge in [-0.3, -0.25) is 0 Å². The number of hydrogen-bond donors (Lipinski definition) is 3. The molecule has 2 rings (SSSR count). The lowest BCUT2D eigenvalue weighted by Crippen LogP contribution is -2.27. The van der Waals surface area contributed by atoms with Crippen molar-refractivity contribution in [3.8, 4) is 11.8 Å². The van der Waals surface area contributed by atoms with Gasteiger partial charge in [0, 0.05) is 18.0 Å². The van der Waals surface area contributed by atoms with Gasteiger partial charge >= 0.3 is 0 Å². The highest BCUT2D eigenvalue weighted by Crippen LogP contribution is 2.14. The molecule has 110 valence electrons. The molecule has 1 aromatic heterocycles. The molecule has 2 aromatic rings. The molecule has 3 N–H and O–H groups in total. The van der Waals surface area contributed by atoms with Crippen LogP contribution >= 0.6 is 0 Å². The Balaban J connectivity index is 2.16. The Morgan fingerprint density at radius 2 is 2.10 bits per heavy atom. The van der Waals surface area contributed by atoms with Crippen molar-refractivity contribution in [3.05, 3.63) is 48.0 Å². The number of aromatic amines is 1. The Kier molecular flexibility index (Phi) is 4.75. The van der Waals surface area contributed by atoms with Gasteiger partial charge in [0.25, 0.3) is 0 Å². The van der Waals surface area contributed by atoms with Crippen molar-refractivity contribution in [1.29, 1.82) is 0 Å². The van der Waals surface area contributed by atoms with Crippen molar-refractivity contribution in [2.24, 2.45) is 0 Å². The summed E-state index contributed by atoms with van der Waals surface area (Å²) in [5.74, 6) is 5.75. The number of benzene rings is 1. The van der Waals surface area contributed by atoms with E-state index in [4.69, 9.17) is 5.11 Å². The molecule has 21 heavy (non-hydrogen) atoms. The Morgan fingerprint density at radius 1 is 1.38 bits per heavy atom. The summed E-state index contributed by atoms with van der Waals surface area (Å²) in [6, 6.07) is 5.67. The predicted molar refractivity (Wildman–Crippen MR) is 77.7 cm³/mol. The van der Waals surface area contributed by atoms with Gasteiger partial charge in [-0.2, -0.15) is 0 Å². The van der Waals surface area contributed by atoms with Gasteiger partial charge in [0.1, 0.15) is 12.4 Å². The third-order valence-electron chi connectivity index (χ3n) is 2.74. The van der Waals surface area contributed by atoms with E-state index in [1.165, 1.54) is 12.1 Å². The standard InChI is InChI=1S/C14H15N3O3S/c1-11(14-15-8-9-16-14)17-21(19,20)13-6-4-12(5-7-13)3-2-10-18/h4-9,11,17-18H,10H2,1H3,(H,15,16). The second-order valence-corrected chi connectivity index (χ2v) is 6.02. The van der Waals surface area contributed by atoms with Gasteiger partial charge in [-0.1, -0.05) is 11.8 Å². The highest BCUT2D eigenvalue weighted by Gasteiger charge is 2.19. The summed E-state index contributed by atoms with van der Waals surface area (Å²) < 4.78 is 27.0. The molecular formula is C14H15N3O3S. The largest absolute Gasteiger partial charge is 0.384 e. The zero-order chi connectivity index (χ0) is 15.3. The highest BCUT2D eigenvalue weighted by atomic mass is 32.2. The summed E-state index contributed by atoms with van der Waals surface area (Å²) in [6.45, 7) is 1.47. The first-order chi connectivity index (χ1) is 10.0. The maximum absolute atomic E-state index is 12.2. The predicted octanol–water partition coefficient (Wildman–Crippen LogP) is 0.793. The van der Waals surface area contributed by atoms with E-state index in [0.29, 0.717) is 11.4 Å². The van der Waals surface area contributed by atoms with Crippen LogP contribution in [0.1, 0.15) is 24.4 Å². The third kappa shape index (κ3) is 3.92. The molecule has 0 saturated carbocycles. The molecule has 1 heterocycles. The Bertz CT molecular complexity index is 741. The number of hydrogen-bond acceptors (Lipinski definition) is 4. The van der Waals surface area contributed by atoms with Gasteiger partial charge in [0.15, 0.2) is 0 Å². The number of nitrogens with zero attached hydrogens (tertiary/aromatic N) is 1. The monoisotopic (exact) mass is 305 g/mol. The summed E-state index contributed by atoms with van der Waals surface area (Å²) >= 11 is 0. The quantitative estimate of drug-likeness (QED) is 0.728. The average molecular weight is 305 g/mol. The van der Waals surface area contributed by atoms with E-state index in [2.05, 4.69) is 26.5 Å². The lowest BCUT2D eigenvalue weighted by atomic mass is 10.2. The molecule has 0 radical (unpaired) electrons. The van der Waals surface area contributed by atoms with Crippen LogP contribution in [0.2, 0.25) is 0 Å². The number of aliphatic hydroxyl groups excluding tert-OH is 1. The van der Waals surface area contributed by atoms with Crippen LogP contribution in [-0.2, 0) is 10.0 Å². The lowest BCUT2D eigenvalue weighted by molar-refractivity contribution is 0.350. The Morgan fingerprint density at radius 3 is 2.67 bits per heavy atom. The van der Waals surface area contributed by atoms with Crippen LogP contribution < -0.4 is 4.72 Å². The van der Waals surface area contributed by atoms with Crippen molar-refractivity contribution >= 4 is 10.0 Å². The maximum Gasteiger partial charge on any atom is 0.241 e. The minimum absolute atomic E-state index is 0.149. The molecule has 0 bridgehead atoms. The first kappa shape index (κ1) is 15.3. The van der Waals surface area contributed by atoms with Crippen molar-refractivity contribution in [2.75, 3.05) is 6.61 Å². The van der Waals surface area contributed by atoms with Crippen molar-refractivity contribution < 1.29 is 13.5 Å². The molecule has 0 amide bonds. The Labute approximate surface area is 123 Å².